The van der Waals surface area contributed by atoms with Gasteiger partial charge < -0.3 is 20.8 Å². The Labute approximate surface area is 122 Å². The molecule has 104 valence electrons. The summed E-state index contributed by atoms with van der Waals surface area (Å²) in [6.07, 6.45) is 0. The molecule has 0 aliphatic heterocycles. The Morgan fingerprint density at radius 1 is 1.47 bits per heavy atom. The molecular formula is C11H12BrClN2O4. The van der Waals surface area contributed by atoms with Crippen molar-refractivity contribution in [2.45, 2.75) is 12.5 Å². The molecule has 1 rings (SSSR count). The number of benzene rings is 1. The Morgan fingerprint density at radius 3 is 2.63 bits per heavy atom. The van der Waals surface area contributed by atoms with Crippen LogP contribution in [0, 0.1) is 0 Å². The van der Waals surface area contributed by atoms with Crippen molar-refractivity contribution < 1.29 is 19.8 Å². The molecule has 0 aromatic heterocycles. The van der Waals surface area contributed by atoms with Crippen molar-refractivity contribution in [1.29, 1.82) is 0 Å². The molecule has 0 aliphatic carbocycles. The van der Waals surface area contributed by atoms with Gasteiger partial charge in [0.2, 0.25) is 0 Å². The molecule has 1 unspecified atom stereocenters. The van der Waals surface area contributed by atoms with Crippen molar-refractivity contribution in [2.75, 3.05) is 11.9 Å². The van der Waals surface area contributed by atoms with Gasteiger partial charge in [-0.2, -0.15) is 0 Å². The van der Waals surface area contributed by atoms with E-state index in [1.54, 1.807) is 18.2 Å². The zero-order valence-electron chi connectivity index (χ0n) is 9.91. The maximum atomic E-state index is 11.5. The number of carbonyl (C=O) groups excluding carboxylic acids is 1. The smallest absolute Gasteiger partial charge is 0.337 e. The average Bonchev–Trinajstić information content (AvgIpc) is 2.31. The van der Waals surface area contributed by atoms with Gasteiger partial charge in [-0.15, -0.1) is 0 Å². The molecule has 1 atom stereocenters. The summed E-state index contributed by atoms with van der Waals surface area (Å²) in [6.45, 7) is 0.678. The quantitative estimate of drug-likeness (QED) is 0.667. The fourth-order valence-corrected chi connectivity index (χ4v) is 1.57. The number of rotatable bonds is 4. The van der Waals surface area contributed by atoms with Crippen LogP contribution >= 0.6 is 27.5 Å². The minimum absolute atomic E-state index is 0.414. The minimum atomic E-state index is -2.02. The van der Waals surface area contributed by atoms with E-state index in [-0.39, 0.29) is 0 Å². The van der Waals surface area contributed by atoms with E-state index in [1.807, 2.05) is 0 Å². The van der Waals surface area contributed by atoms with Crippen LogP contribution < -0.4 is 10.6 Å². The van der Waals surface area contributed by atoms with Crippen LogP contribution in [0.3, 0.4) is 0 Å². The van der Waals surface area contributed by atoms with E-state index >= 15 is 0 Å². The number of aliphatic carboxylic acids is 1. The highest BCUT2D eigenvalue weighted by Gasteiger charge is 2.30. The van der Waals surface area contributed by atoms with Crippen LogP contribution in [0.25, 0.3) is 0 Å². The molecule has 1 aromatic rings. The van der Waals surface area contributed by atoms with Crippen LogP contribution in [0.1, 0.15) is 6.92 Å². The third-order valence-corrected chi connectivity index (χ3v) is 3.45. The number of halogens is 2. The number of anilines is 1. The van der Waals surface area contributed by atoms with Crippen LogP contribution in [-0.2, 0) is 4.79 Å². The van der Waals surface area contributed by atoms with Gasteiger partial charge in [-0.05, 0) is 41.1 Å². The zero-order valence-corrected chi connectivity index (χ0v) is 12.2. The number of nitrogens with one attached hydrogen (secondary N) is 2. The predicted octanol–water partition coefficient (Wildman–Crippen LogP) is 2.06. The number of amides is 2. The first-order chi connectivity index (χ1) is 8.72. The van der Waals surface area contributed by atoms with Crippen LogP contribution in [0.5, 0.6) is 0 Å². The lowest BCUT2D eigenvalue weighted by atomic mass is 10.1. The van der Waals surface area contributed by atoms with Gasteiger partial charge in [-0.3, -0.25) is 0 Å². The Kier molecular flexibility index (Phi) is 5.16. The largest absolute Gasteiger partial charge is 0.479 e. The number of hydrogen-bond acceptors (Lipinski definition) is 3. The van der Waals surface area contributed by atoms with E-state index in [0.29, 0.717) is 15.2 Å². The van der Waals surface area contributed by atoms with Gasteiger partial charge in [0.25, 0.3) is 0 Å². The second-order valence-electron chi connectivity index (χ2n) is 4.02. The van der Waals surface area contributed by atoms with E-state index < -0.39 is 24.1 Å². The molecule has 0 saturated carbocycles. The molecule has 6 nitrogen and oxygen atoms in total. The SMILES string of the molecule is CC(O)(CNC(=O)Nc1ccc(Cl)c(Br)c1)C(=O)O. The molecule has 2 amide bonds. The highest BCUT2D eigenvalue weighted by atomic mass is 79.9. The normalized spacial score (nSPS) is 13.5. The van der Waals surface area contributed by atoms with Gasteiger partial charge in [0.05, 0.1) is 11.6 Å². The fraction of sp³-hybridized carbons (Fsp3) is 0.273. The van der Waals surface area contributed by atoms with Gasteiger partial charge in [0, 0.05) is 10.2 Å². The third-order valence-electron chi connectivity index (χ3n) is 2.23. The van der Waals surface area contributed by atoms with E-state index in [2.05, 4.69) is 26.6 Å². The van der Waals surface area contributed by atoms with Gasteiger partial charge in [-0.25, -0.2) is 9.59 Å². The Bertz CT molecular complexity index is 507. The minimum Gasteiger partial charge on any atom is -0.479 e. The molecule has 0 fully saturated rings. The van der Waals surface area contributed by atoms with Crippen LogP contribution in [-0.4, -0.2) is 34.4 Å². The zero-order chi connectivity index (χ0) is 14.6. The first-order valence-electron chi connectivity index (χ1n) is 5.18. The maximum absolute atomic E-state index is 11.5. The molecule has 1 aromatic carbocycles. The summed E-state index contributed by atoms with van der Waals surface area (Å²) >= 11 is 9.00. The number of carboxylic acid groups (broad SMARTS) is 1. The molecule has 0 radical (unpaired) electrons. The summed E-state index contributed by atoms with van der Waals surface area (Å²) in [7, 11) is 0. The topological polar surface area (TPSA) is 98.7 Å². The lowest BCUT2D eigenvalue weighted by molar-refractivity contribution is -0.155. The highest BCUT2D eigenvalue weighted by molar-refractivity contribution is 9.10. The van der Waals surface area contributed by atoms with Crippen LogP contribution in [0.15, 0.2) is 22.7 Å². The maximum Gasteiger partial charge on any atom is 0.337 e. The Hall–Kier alpha value is -1.31. The Morgan fingerprint density at radius 2 is 2.11 bits per heavy atom. The van der Waals surface area contributed by atoms with Crippen molar-refractivity contribution in [3.05, 3.63) is 27.7 Å². The predicted molar refractivity (Wildman–Crippen MR) is 74.4 cm³/mol. The number of hydrogen-bond donors (Lipinski definition) is 4. The molecule has 19 heavy (non-hydrogen) atoms. The molecule has 0 heterocycles. The summed E-state index contributed by atoms with van der Waals surface area (Å²) in [5, 5.41) is 23.3. The second kappa shape index (κ2) is 6.23. The summed E-state index contributed by atoms with van der Waals surface area (Å²) in [6, 6.07) is 4.14. The summed E-state index contributed by atoms with van der Waals surface area (Å²) in [5.74, 6) is -1.41. The molecule has 8 heteroatoms. The van der Waals surface area contributed by atoms with E-state index in [4.69, 9.17) is 16.7 Å². The third kappa shape index (κ3) is 4.70. The van der Waals surface area contributed by atoms with E-state index in [1.165, 1.54) is 0 Å². The van der Waals surface area contributed by atoms with Crippen molar-refractivity contribution in [3.63, 3.8) is 0 Å². The number of carboxylic acids is 1. The van der Waals surface area contributed by atoms with E-state index in [9.17, 15) is 14.7 Å². The first-order valence-corrected chi connectivity index (χ1v) is 6.35. The van der Waals surface area contributed by atoms with E-state index in [0.717, 1.165) is 6.92 Å². The van der Waals surface area contributed by atoms with Crippen molar-refractivity contribution in [2.24, 2.45) is 0 Å². The summed E-state index contributed by atoms with van der Waals surface area (Å²) < 4.78 is 0.615. The highest BCUT2D eigenvalue weighted by Crippen LogP contribution is 2.25. The average molecular weight is 352 g/mol. The van der Waals surface area contributed by atoms with Gasteiger partial charge in [-0.1, -0.05) is 11.6 Å². The molecule has 0 aliphatic rings. The summed E-state index contributed by atoms with van der Waals surface area (Å²) in [4.78, 5) is 22.1. The number of urea groups is 1. The summed E-state index contributed by atoms with van der Waals surface area (Å²) in [5.41, 5.74) is -1.54. The number of aliphatic hydroxyl groups is 1. The Balaban J connectivity index is 2.56. The standard InChI is InChI=1S/C11H12BrClN2O4/c1-11(19,9(16)17)5-14-10(18)15-6-2-3-8(13)7(12)4-6/h2-4,19H,5H2,1H3,(H,16,17)(H2,14,15,18). The second-order valence-corrected chi connectivity index (χ2v) is 5.28. The molecule has 0 bridgehead atoms. The molecular weight excluding hydrogens is 339 g/mol. The van der Waals surface area contributed by atoms with Gasteiger partial charge in [0.1, 0.15) is 0 Å². The lowest BCUT2D eigenvalue weighted by Crippen LogP contribution is -2.47. The van der Waals surface area contributed by atoms with Gasteiger partial charge >= 0.3 is 12.0 Å². The van der Waals surface area contributed by atoms with Gasteiger partial charge in [0.15, 0.2) is 5.60 Å². The molecule has 0 saturated heterocycles. The van der Waals surface area contributed by atoms with Crippen LogP contribution in [0.2, 0.25) is 5.02 Å². The first kappa shape index (κ1) is 15.7. The molecule has 0 spiro atoms. The molecule has 4 N–H and O–H groups in total. The van der Waals surface area contributed by atoms with Crippen LogP contribution in [0.4, 0.5) is 10.5 Å². The van der Waals surface area contributed by atoms with Crippen molar-refractivity contribution >= 4 is 45.2 Å². The fourth-order valence-electron chi connectivity index (χ4n) is 1.08. The van der Waals surface area contributed by atoms with Crippen molar-refractivity contribution in [3.8, 4) is 0 Å². The number of carbonyl (C=O) groups is 2. The lowest BCUT2D eigenvalue weighted by Gasteiger charge is -2.18. The monoisotopic (exact) mass is 350 g/mol. The van der Waals surface area contributed by atoms with Crippen molar-refractivity contribution in [1.82, 2.24) is 5.32 Å².